The average molecular weight is 266 g/mol. The van der Waals surface area contributed by atoms with E-state index in [4.69, 9.17) is 4.74 Å². The number of ether oxygens (including phenoxy) is 1. The smallest absolute Gasteiger partial charge is 0.224 e. The summed E-state index contributed by atoms with van der Waals surface area (Å²) in [5.74, 6) is 0.626. The summed E-state index contributed by atoms with van der Waals surface area (Å²) >= 11 is 0. The lowest BCUT2D eigenvalue weighted by molar-refractivity contribution is -0.116. The molecule has 0 aromatic heterocycles. The van der Waals surface area contributed by atoms with E-state index in [9.17, 15) is 9.90 Å². The van der Waals surface area contributed by atoms with E-state index in [1.165, 1.54) is 0 Å². The minimum Gasteiger partial charge on any atom is -0.494 e. The Labute approximate surface area is 114 Å². The molecule has 0 radical (unpaired) electrons. The molecule has 5 heteroatoms. The van der Waals surface area contributed by atoms with Crippen LogP contribution in [0.5, 0.6) is 5.75 Å². The highest BCUT2D eigenvalue weighted by Crippen LogP contribution is 2.23. The average Bonchev–Trinajstić information content (AvgIpc) is 2.41. The minimum atomic E-state index is -0.112. The molecule has 0 saturated heterocycles. The zero-order valence-electron chi connectivity index (χ0n) is 11.5. The van der Waals surface area contributed by atoms with E-state index in [0.717, 1.165) is 13.0 Å². The van der Waals surface area contributed by atoms with Crippen LogP contribution in [-0.2, 0) is 11.4 Å². The third-order valence-electron chi connectivity index (χ3n) is 2.65. The van der Waals surface area contributed by atoms with Gasteiger partial charge in [-0.3, -0.25) is 4.79 Å². The Balaban J connectivity index is 2.61. The van der Waals surface area contributed by atoms with Gasteiger partial charge < -0.3 is 20.5 Å². The Bertz CT molecular complexity index is 408. The molecule has 0 fully saturated rings. The zero-order chi connectivity index (χ0) is 14.1. The Morgan fingerprint density at radius 3 is 2.84 bits per heavy atom. The first-order valence-corrected chi connectivity index (χ1v) is 6.52. The predicted octanol–water partition coefficient (Wildman–Crippen LogP) is 1.52. The minimum absolute atomic E-state index is 0.0247. The van der Waals surface area contributed by atoms with E-state index in [-0.39, 0.29) is 12.5 Å². The second-order valence-electron chi connectivity index (χ2n) is 4.17. The topological polar surface area (TPSA) is 70.6 Å². The van der Waals surface area contributed by atoms with Crippen molar-refractivity contribution in [3.8, 4) is 5.75 Å². The van der Waals surface area contributed by atoms with Gasteiger partial charge in [0.2, 0.25) is 5.91 Å². The number of amides is 1. The summed E-state index contributed by atoms with van der Waals surface area (Å²) in [5, 5.41) is 15.1. The second-order valence-corrected chi connectivity index (χ2v) is 4.17. The standard InChI is InChI=1S/C14H22N2O3/c1-3-19-13-7-6-12(9-11(13)10-17)16-14(18)5-4-8-15-2/h6-7,9,15,17H,3-5,8,10H2,1-2H3,(H,16,18). The molecule has 106 valence electrons. The molecule has 0 aliphatic rings. The van der Waals surface area contributed by atoms with Crippen molar-refractivity contribution >= 4 is 11.6 Å². The number of benzene rings is 1. The second kappa shape index (κ2) is 8.50. The van der Waals surface area contributed by atoms with E-state index in [1.54, 1.807) is 18.2 Å². The van der Waals surface area contributed by atoms with Crippen molar-refractivity contribution < 1.29 is 14.6 Å². The van der Waals surface area contributed by atoms with Crippen LogP contribution in [0.15, 0.2) is 18.2 Å². The molecule has 0 aliphatic carbocycles. The maximum Gasteiger partial charge on any atom is 0.224 e. The Kier molecular flexibility index (Phi) is 6.92. The van der Waals surface area contributed by atoms with Crippen LogP contribution in [0.2, 0.25) is 0 Å². The molecule has 1 amide bonds. The molecule has 1 rings (SSSR count). The molecule has 0 unspecified atom stereocenters. The molecule has 0 spiro atoms. The van der Waals surface area contributed by atoms with Crippen LogP contribution >= 0.6 is 0 Å². The molecule has 1 aromatic rings. The highest BCUT2D eigenvalue weighted by atomic mass is 16.5. The number of aliphatic hydroxyl groups excluding tert-OH is 1. The Morgan fingerprint density at radius 1 is 1.42 bits per heavy atom. The van der Waals surface area contributed by atoms with Crippen molar-refractivity contribution in [2.45, 2.75) is 26.4 Å². The molecule has 0 heterocycles. The molecule has 3 N–H and O–H groups in total. The number of hydrogen-bond donors (Lipinski definition) is 3. The molecule has 5 nitrogen and oxygen atoms in total. The van der Waals surface area contributed by atoms with E-state index in [0.29, 0.717) is 30.0 Å². The maximum atomic E-state index is 11.7. The van der Waals surface area contributed by atoms with E-state index in [2.05, 4.69) is 10.6 Å². The van der Waals surface area contributed by atoms with Gasteiger partial charge in [-0.1, -0.05) is 0 Å². The molecule has 0 atom stereocenters. The number of hydrogen-bond acceptors (Lipinski definition) is 4. The summed E-state index contributed by atoms with van der Waals surface area (Å²) in [4.78, 5) is 11.7. The first-order chi connectivity index (χ1) is 9.21. The summed E-state index contributed by atoms with van der Waals surface area (Å²) in [6, 6.07) is 5.28. The van der Waals surface area contributed by atoms with Gasteiger partial charge in [-0.15, -0.1) is 0 Å². The zero-order valence-corrected chi connectivity index (χ0v) is 11.5. The Hall–Kier alpha value is -1.59. The molecular weight excluding hydrogens is 244 g/mol. The van der Waals surface area contributed by atoms with Gasteiger partial charge in [0.15, 0.2) is 0 Å². The lowest BCUT2D eigenvalue weighted by Crippen LogP contribution is -2.15. The highest BCUT2D eigenvalue weighted by Gasteiger charge is 2.06. The fourth-order valence-corrected chi connectivity index (χ4v) is 1.73. The monoisotopic (exact) mass is 266 g/mol. The molecule has 1 aromatic carbocycles. The van der Waals surface area contributed by atoms with Crippen molar-refractivity contribution in [2.75, 3.05) is 25.5 Å². The SMILES string of the molecule is CCOc1ccc(NC(=O)CCCNC)cc1CO. The fraction of sp³-hybridized carbons (Fsp3) is 0.500. The number of carbonyl (C=O) groups is 1. The number of aliphatic hydroxyl groups is 1. The van der Waals surface area contributed by atoms with Gasteiger partial charge >= 0.3 is 0 Å². The van der Waals surface area contributed by atoms with Crippen LogP contribution in [0.25, 0.3) is 0 Å². The van der Waals surface area contributed by atoms with Crippen molar-refractivity contribution in [2.24, 2.45) is 0 Å². The number of rotatable bonds is 8. The normalized spacial score (nSPS) is 10.3. The lowest BCUT2D eigenvalue weighted by atomic mass is 10.2. The van der Waals surface area contributed by atoms with Crippen LogP contribution < -0.4 is 15.4 Å². The largest absolute Gasteiger partial charge is 0.494 e. The van der Waals surface area contributed by atoms with Crippen molar-refractivity contribution in [3.63, 3.8) is 0 Å². The van der Waals surface area contributed by atoms with Gasteiger partial charge in [0.25, 0.3) is 0 Å². The number of nitrogens with one attached hydrogen (secondary N) is 2. The fourth-order valence-electron chi connectivity index (χ4n) is 1.73. The summed E-state index contributed by atoms with van der Waals surface area (Å²) in [7, 11) is 1.86. The predicted molar refractivity (Wildman–Crippen MR) is 75.3 cm³/mol. The molecule has 0 aliphatic heterocycles. The first kappa shape index (κ1) is 15.5. The van der Waals surface area contributed by atoms with Crippen LogP contribution in [0.4, 0.5) is 5.69 Å². The third-order valence-corrected chi connectivity index (χ3v) is 2.65. The number of carbonyl (C=O) groups excluding carboxylic acids is 1. The number of anilines is 1. The summed E-state index contributed by atoms with van der Waals surface area (Å²) in [6.07, 6.45) is 1.27. The highest BCUT2D eigenvalue weighted by molar-refractivity contribution is 5.90. The van der Waals surface area contributed by atoms with E-state index in [1.807, 2.05) is 14.0 Å². The van der Waals surface area contributed by atoms with Crippen LogP contribution in [0.3, 0.4) is 0 Å². The van der Waals surface area contributed by atoms with Crippen LogP contribution in [0.1, 0.15) is 25.3 Å². The summed E-state index contributed by atoms with van der Waals surface area (Å²) in [5.41, 5.74) is 1.36. The van der Waals surface area contributed by atoms with Gasteiger partial charge in [-0.2, -0.15) is 0 Å². The van der Waals surface area contributed by atoms with Gasteiger partial charge in [0.1, 0.15) is 5.75 Å². The van der Waals surface area contributed by atoms with Gasteiger partial charge in [0.05, 0.1) is 13.2 Å². The van der Waals surface area contributed by atoms with Gasteiger partial charge in [0, 0.05) is 17.7 Å². The van der Waals surface area contributed by atoms with E-state index >= 15 is 0 Å². The van der Waals surface area contributed by atoms with Gasteiger partial charge in [-0.05, 0) is 45.1 Å². The summed E-state index contributed by atoms with van der Waals surface area (Å²) < 4.78 is 5.39. The molecule has 0 saturated carbocycles. The molecular formula is C14H22N2O3. The van der Waals surface area contributed by atoms with Gasteiger partial charge in [-0.25, -0.2) is 0 Å². The first-order valence-electron chi connectivity index (χ1n) is 6.52. The van der Waals surface area contributed by atoms with Crippen LogP contribution in [0, 0.1) is 0 Å². The quantitative estimate of drug-likeness (QED) is 0.624. The van der Waals surface area contributed by atoms with E-state index < -0.39 is 0 Å². The molecule has 0 bridgehead atoms. The van der Waals surface area contributed by atoms with Crippen molar-refractivity contribution in [1.82, 2.24) is 5.32 Å². The Morgan fingerprint density at radius 2 is 2.21 bits per heavy atom. The van der Waals surface area contributed by atoms with Crippen molar-refractivity contribution in [1.29, 1.82) is 0 Å². The third kappa shape index (κ3) is 5.28. The lowest BCUT2D eigenvalue weighted by Gasteiger charge is -2.11. The maximum absolute atomic E-state index is 11.7. The molecule has 19 heavy (non-hydrogen) atoms. The van der Waals surface area contributed by atoms with Crippen LogP contribution in [-0.4, -0.2) is 31.2 Å². The summed E-state index contributed by atoms with van der Waals surface area (Å²) in [6.45, 7) is 3.14. The van der Waals surface area contributed by atoms with Crippen molar-refractivity contribution in [3.05, 3.63) is 23.8 Å².